The van der Waals surface area contributed by atoms with Gasteiger partial charge in [0.05, 0.1) is 0 Å². The summed E-state index contributed by atoms with van der Waals surface area (Å²) >= 11 is 6.54. The van der Waals surface area contributed by atoms with Gasteiger partial charge >= 0.3 is 16.8 Å². The Labute approximate surface area is 356 Å². The summed E-state index contributed by atoms with van der Waals surface area (Å²) in [5.41, 5.74) is 9.60. The van der Waals surface area contributed by atoms with Gasteiger partial charge in [0.15, 0.2) is 0 Å². The first kappa shape index (κ1) is 41.8. The van der Waals surface area contributed by atoms with E-state index in [9.17, 15) is 9.59 Å². The molecule has 0 atom stereocenters. The van der Waals surface area contributed by atoms with Crippen LogP contribution >= 0.6 is 11.6 Å². The molecule has 0 fully saturated rings. The molecule has 1 radical (unpaired) electrons. The number of halogens is 1. The number of allylic oxidation sites excluding steroid dienone is 6. The molecular weight excluding hydrogens is 783 g/mol. The van der Waals surface area contributed by atoms with Gasteiger partial charge in [0.1, 0.15) is 11.4 Å². The van der Waals surface area contributed by atoms with E-state index in [2.05, 4.69) is 126 Å². The number of nitrogens with zero attached hydrogens (tertiary/aromatic N) is 4. The van der Waals surface area contributed by atoms with Crippen molar-refractivity contribution in [3.05, 3.63) is 226 Å². The maximum absolute atomic E-state index is 13.4. The first-order chi connectivity index (χ1) is 27.6. The van der Waals surface area contributed by atoms with Crippen LogP contribution in [0, 0.1) is 0 Å². The van der Waals surface area contributed by atoms with Crippen molar-refractivity contribution in [2.75, 3.05) is 23.9 Å². The molecule has 4 aromatic carbocycles. The zero-order valence-electron chi connectivity index (χ0n) is 33.0. The van der Waals surface area contributed by atoms with Crippen LogP contribution in [-0.2, 0) is 40.5 Å². The van der Waals surface area contributed by atoms with E-state index in [1.165, 1.54) is 28.1 Å². The Hall–Kier alpha value is -5.86. The van der Waals surface area contributed by atoms with Crippen LogP contribution in [0.3, 0.4) is 0 Å². The van der Waals surface area contributed by atoms with Gasteiger partial charge in [-0.3, -0.25) is 19.6 Å². The number of carbonyl (C=O) groups excluding carboxylic acids is 2. The van der Waals surface area contributed by atoms with Crippen LogP contribution < -0.4 is 9.80 Å². The predicted octanol–water partition coefficient (Wildman–Crippen LogP) is 10.8. The third-order valence-corrected chi connectivity index (χ3v) is 11.2. The first-order valence-corrected chi connectivity index (χ1v) is 19.4. The number of anilines is 2. The summed E-state index contributed by atoms with van der Waals surface area (Å²) in [6.45, 7) is 4.41. The summed E-state index contributed by atoms with van der Waals surface area (Å²) in [6, 6.07) is 46.1. The number of fused-ring (bicyclic) bond motifs is 2. The van der Waals surface area contributed by atoms with E-state index in [1.807, 2.05) is 55.6 Å². The number of hydrogen-bond donors (Lipinski definition) is 0. The van der Waals surface area contributed by atoms with Crippen LogP contribution in [0.5, 0.6) is 0 Å². The number of hydrogen-bond acceptors (Lipinski definition) is 6. The van der Waals surface area contributed by atoms with Crippen molar-refractivity contribution >= 4 is 34.5 Å². The van der Waals surface area contributed by atoms with Gasteiger partial charge in [-0.15, -0.1) is 0 Å². The number of ketones is 2. The second-order valence-electron chi connectivity index (χ2n) is 14.9. The third-order valence-electron chi connectivity index (χ3n) is 10.9. The minimum atomic E-state index is -0.470. The van der Waals surface area contributed by atoms with Gasteiger partial charge in [0.25, 0.3) is 0 Å². The van der Waals surface area contributed by atoms with Crippen LogP contribution in [0.15, 0.2) is 188 Å². The molecule has 0 N–H and O–H groups in total. The standard InChI is InChI=1S/C30H25ClN2O.C20H20N2O.Co/c1-33-27-16-15-24(31)18-25(27)30(20-22-10-4-2-5-11-22,21-23-12-6-3-7-13-23)29(33)19-28(34)26-14-8-9-17-32-26;1-20(2)15-9-4-5-11-17(15)22(3)19(20)13-8-12-18(23)16-10-6-7-14-21-16;/h2-19H,20-21H2,1H3;4-14H,1-3H3;/q;;+2/b29-19-;12-8+,19-13-;. The zero-order valence-corrected chi connectivity index (χ0v) is 34.8. The number of rotatable bonds is 9. The molecule has 0 aliphatic carbocycles. The molecule has 0 bridgehead atoms. The average molecular weight is 828 g/mol. The van der Waals surface area contributed by atoms with Crippen LogP contribution in [0.25, 0.3) is 0 Å². The Morgan fingerprint density at radius 1 is 0.621 bits per heavy atom. The van der Waals surface area contributed by atoms with Crippen molar-refractivity contribution in [2.24, 2.45) is 0 Å². The number of pyridine rings is 2. The minimum absolute atomic E-state index is 0. The largest absolute Gasteiger partial charge is 2.00 e. The molecule has 291 valence electrons. The van der Waals surface area contributed by atoms with Crippen molar-refractivity contribution in [1.82, 2.24) is 9.97 Å². The molecule has 2 aromatic heterocycles. The second-order valence-corrected chi connectivity index (χ2v) is 15.4. The summed E-state index contributed by atoms with van der Waals surface area (Å²) in [5, 5.41) is 0.690. The number of benzene rings is 4. The second kappa shape index (κ2) is 18.2. The molecule has 0 saturated carbocycles. The van der Waals surface area contributed by atoms with E-state index in [4.69, 9.17) is 11.6 Å². The van der Waals surface area contributed by atoms with Crippen LogP contribution in [-0.4, -0.2) is 35.6 Å². The van der Waals surface area contributed by atoms with Crippen LogP contribution in [0.4, 0.5) is 11.4 Å². The molecule has 0 unspecified atom stereocenters. The monoisotopic (exact) mass is 827 g/mol. The number of likely N-dealkylation sites (N-methyl/N-ethyl adjacent to an activating group) is 2. The van der Waals surface area contributed by atoms with Gasteiger partial charge in [-0.1, -0.05) is 123 Å². The third kappa shape index (κ3) is 8.67. The number of carbonyl (C=O) groups is 2. The summed E-state index contributed by atoms with van der Waals surface area (Å²) in [7, 11) is 4.09. The van der Waals surface area contributed by atoms with E-state index in [0.717, 1.165) is 29.8 Å². The van der Waals surface area contributed by atoms with Crippen LogP contribution in [0.1, 0.15) is 57.1 Å². The van der Waals surface area contributed by atoms with Gasteiger partial charge in [0, 0.05) is 71.2 Å². The molecule has 0 saturated heterocycles. The maximum atomic E-state index is 13.4. The Bertz CT molecular complexity index is 2430. The van der Waals surface area contributed by atoms with Gasteiger partial charge in [0.2, 0.25) is 11.6 Å². The average Bonchev–Trinajstić information content (AvgIpc) is 3.57. The predicted molar refractivity (Wildman–Crippen MR) is 232 cm³/mol. The Kier molecular flexibility index (Phi) is 13.1. The van der Waals surface area contributed by atoms with Crippen molar-refractivity contribution in [2.45, 2.75) is 37.5 Å². The Morgan fingerprint density at radius 2 is 1.14 bits per heavy atom. The summed E-state index contributed by atoms with van der Waals surface area (Å²) in [4.78, 5) is 38.1. The molecular formula is C50H45ClCoN4O2+2. The fourth-order valence-corrected chi connectivity index (χ4v) is 8.33. The molecule has 58 heavy (non-hydrogen) atoms. The molecule has 0 spiro atoms. The smallest absolute Gasteiger partial charge is 0.347 e. The molecule has 6 nitrogen and oxygen atoms in total. The van der Waals surface area contributed by atoms with E-state index in [-0.39, 0.29) is 33.8 Å². The quantitative estimate of drug-likeness (QED) is 0.107. The summed E-state index contributed by atoms with van der Waals surface area (Å²) < 4.78 is 0. The zero-order chi connectivity index (χ0) is 40.0. The SMILES string of the molecule is CN1/C(=C\C(=O)c2ccccn2)C(Cc2ccccc2)(Cc2ccccc2)c2cc(Cl)ccc21.CN1/C(=C\C=C\C(=O)c2ccccn2)C(C)(C)c2ccccc21.[Co+2]. The molecule has 8 rings (SSSR count). The molecule has 6 aromatic rings. The van der Waals surface area contributed by atoms with E-state index in [0.29, 0.717) is 16.4 Å². The first-order valence-electron chi connectivity index (χ1n) is 19.0. The van der Waals surface area contributed by atoms with Crippen molar-refractivity contribution < 1.29 is 26.4 Å². The molecule has 8 heteroatoms. The maximum Gasteiger partial charge on any atom is 2.00 e. The van der Waals surface area contributed by atoms with Gasteiger partial charge in [-0.25, -0.2) is 0 Å². The number of aromatic nitrogens is 2. The fourth-order valence-electron chi connectivity index (χ4n) is 8.16. The van der Waals surface area contributed by atoms with Crippen molar-refractivity contribution in [3.63, 3.8) is 0 Å². The fraction of sp³-hybridized carbons (Fsp3) is 0.160. The topological polar surface area (TPSA) is 66.4 Å². The van der Waals surface area contributed by atoms with Gasteiger partial charge < -0.3 is 9.80 Å². The van der Waals surface area contributed by atoms with Gasteiger partial charge in [-0.2, -0.15) is 0 Å². The molecule has 2 aliphatic heterocycles. The van der Waals surface area contributed by atoms with E-state index >= 15 is 0 Å². The van der Waals surface area contributed by atoms with E-state index in [1.54, 1.807) is 42.7 Å². The normalized spacial score (nSPS) is 16.0. The molecule has 4 heterocycles. The van der Waals surface area contributed by atoms with Crippen molar-refractivity contribution in [3.8, 4) is 0 Å². The molecule has 0 amide bonds. The number of para-hydroxylation sites is 1. The van der Waals surface area contributed by atoms with E-state index < -0.39 is 5.41 Å². The minimum Gasteiger partial charge on any atom is -0.347 e. The summed E-state index contributed by atoms with van der Waals surface area (Å²) in [6.07, 6.45) is 11.9. The Balaban J connectivity index is 0.000000207. The summed E-state index contributed by atoms with van der Waals surface area (Å²) in [5.74, 6) is -0.190. The van der Waals surface area contributed by atoms with Gasteiger partial charge in [-0.05, 0) is 95.8 Å². The van der Waals surface area contributed by atoms with Crippen molar-refractivity contribution in [1.29, 1.82) is 0 Å². The molecule has 2 aliphatic rings. The Morgan fingerprint density at radius 3 is 1.71 bits per heavy atom. The van der Waals surface area contributed by atoms with Crippen LogP contribution in [0.2, 0.25) is 5.02 Å².